The molecule has 0 aromatic heterocycles. The smallest absolute Gasteiger partial charge is 0.253 e. The average molecular weight is 278 g/mol. The van der Waals surface area contributed by atoms with Gasteiger partial charge < -0.3 is 15.7 Å². The van der Waals surface area contributed by atoms with Gasteiger partial charge in [-0.05, 0) is 38.3 Å². The van der Waals surface area contributed by atoms with Crippen LogP contribution in [0.4, 0.5) is 5.69 Å². The molecule has 0 spiro atoms. The van der Waals surface area contributed by atoms with Crippen molar-refractivity contribution in [2.75, 3.05) is 18.5 Å². The van der Waals surface area contributed by atoms with Gasteiger partial charge in [0.1, 0.15) is 0 Å². The van der Waals surface area contributed by atoms with Crippen LogP contribution in [0.5, 0.6) is 0 Å². The molecule has 4 nitrogen and oxygen atoms in total. The molecule has 1 rings (SSSR count). The van der Waals surface area contributed by atoms with Gasteiger partial charge in [-0.2, -0.15) is 0 Å². The summed E-state index contributed by atoms with van der Waals surface area (Å²) in [5, 5.41) is 15.2. The molecule has 1 aromatic carbocycles. The van der Waals surface area contributed by atoms with Crippen LogP contribution >= 0.6 is 0 Å². The number of hydrogen-bond acceptors (Lipinski definition) is 3. The second-order valence-electron chi connectivity index (χ2n) is 5.34. The van der Waals surface area contributed by atoms with Crippen molar-refractivity contribution < 1.29 is 9.90 Å². The lowest BCUT2D eigenvalue weighted by atomic mass is 10.0. The normalized spacial score (nSPS) is 12.2. The number of rotatable bonds is 8. The van der Waals surface area contributed by atoms with Crippen LogP contribution in [0.15, 0.2) is 24.3 Å². The molecule has 3 N–H and O–H groups in total. The van der Waals surface area contributed by atoms with Gasteiger partial charge in [0.05, 0.1) is 5.56 Å². The van der Waals surface area contributed by atoms with E-state index in [9.17, 15) is 4.79 Å². The van der Waals surface area contributed by atoms with Crippen molar-refractivity contribution >= 4 is 11.6 Å². The molecule has 20 heavy (non-hydrogen) atoms. The van der Waals surface area contributed by atoms with Gasteiger partial charge in [0.15, 0.2) is 0 Å². The van der Waals surface area contributed by atoms with Crippen LogP contribution < -0.4 is 10.6 Å². The van der Waals surface area contributed by atoms with E-state index in [2.05, 4.69) is 17.6 Å². The molecular weight excluding hydrogens is 252 g/mol. The molecule has 1 atom stereocenters. The van der Waals surface area contributed by atoms with Crippen LogP contribution in [-0.4, -0.2) is 30.2 Å². The highest BCUT2D eigenvalue weighted by molar-refractivity contribution is 5.99. The highest BCUT2D eigenvalue weighted by Gasteiger charge is 2.13. The Balaban J connectivity index is 2.67. The molecule has 4 heteroatoms. The number of para-hydroxylation sites is 1. The van der Waals surface area contributed by atoms with Crippen LogP contribution in [0.25, 0.3) is 0 Å². The predicted molar refractivity (Wildman–Crippen MR) is 83.0 cm³/mol. The van der Waals surface area contributed by atoms with Crippen molar-refractivity contribution in [3.63, 3.8) is 0 Å². The average Bonchev–Trinajstić information content (AvgIpc) is 2.43. The highest BCUT2D eigenvalue weighted by atomic mass is 16.3. The van der Waals surface area contributed by atoms with Gasteiger partial charge in [0.25, 0.3) is 5.91 Å². The van der Waals surface area contributed by atoms with Crippen molar-refractivity contribution in [2.24, 2.45) is 5.92 Å². The fourth-order valence-corrected chi connectivity index (χ4v) is 2.08. The molecular formula is C16H26N2O2. The summed E-state index contributed by atoms with van der Waals surface area (Å²) in [5.41, 5.74) is 1.52. The molecule has 0 heterocycles. The van der Waals surface area contributed by atoms with E-state index < -0.39 is 0 Å². The number of aliphatic hydroxyl groups excluding tert-OH is 1. The third-order valence-corrected chi connectivity index (χ3v) is 3.28. The Morgan fingerprint density at radius 2 is 2.00 bits per heavy atom. The monoisotopic (exact) mass is 278 g/mol. The Kier molecular flexibility index (Phi) is 7.09. The second kappa shape index (κ2) is 8.59. The molecule has 112 valence electrons. The van der Waals surface area contributed by atoms with Gasteiger partial charge in [0, 0.05) is 24.9 Å². The molecule has 0 aliphatic carbocycles. The lowest BCUT2D eigenvalue weighted by Crippen LogP contribution is -2.30. The van der Waals surface area contributed by atoms with E-state index in [4.69, 9.17) is 5.11 Å². The molecule has 1 amide bonds. The van der Waals surface area contributed by atoms with E-state index in [0.29, 0.717) is 18.0 Å². The van der Waals surface area contributed by atoms with Crippen LogP contribution in [0, 0.1) is 5.92 Å². The lowest BCUT2D eigenvalue weighted by molar-refractivity contribution is 0.0944. The number of carbonyl (C=O) groups is 1. The maximum absolute atomic E-state index is 12.3. The number of amides is 1. The van der Waals surface area contributed by atoms with Gasteiger partial charge in [-0.25, -0.2) is 0 Å². The van der Waals surface area contributed by atoms with Gasteiger partial charge in [-0.3, -0.25) is 4.79 Å². The fraction of sp³-hybridized carbons (Fsp3) is 0.562. The summed E-state index contributed by atoms with van der Waals surface area (Å²) in [6.45, 7) is 6.93. The number of aliphatic hydroxyl groups is 1. The van der Waals surface area contributed by atoms with Crippen molar-refractivity contribution in [1.82, 2.24) is 5.32 Å². The number of benzene rings is 1. The number of anilines is 1. The Labute approximate surface area is 121 Å². The Bertz CT molecular complexity index is 419. The van der Waals surface area contributed by atoms with Gasteiger partial charge in [0.2, 0.25) is 0 Å². The van der Waals surface area contributed by atoms with Gasteiger partial charge in [-0.15, -0.1) is 0 Å². The minimum atomic E-state index is -0.0647. The molecule has 0 bridgehead atoms. The maximum Gasteiger partial charge on any atom is 0.253 e. The lowest BCUT2D eigenvalue weighted by Gasteiger charge is -2.17. The van der Waals surface area contributed by atoms with E-state index >= 15 is 0 Å². The molecule has 0 saturated carbocycles. The zero-order valence-electron chi connectivity index (χ0n) is 12.6. The molecule has 1 unspecified atom stereocenters. The van der Waals surface area contributed by atoms with E-state index in [1.54, 1.807) is 0 Å². The molecule has 0 aliphatic rings. The van der Waals surface area contributed by atoms with Gasteiger partial charge >= 0.3 is 0 Å². The Morgan fingerprint density at radius 3 is 2.60 bits per heavy atom. The van der Waals surface area contributed by atoms with Crippen LogP contribution in [0.3, 0.4) is 0 Å². The molecule has 0 radical (unpaired) electrons. The van der Waals surface area contributed by atoms with E-state index in [1.807, 2.05) is 38.1 Å². The van der Waals surface area contributed by atoms with Gasteiger partial charge in [-0.1, -0.05) is 25.5 Å². The number of nitrogens with one attached hydrogen (secondary N) is 2. The zero-order valence-corrected chi connectivity index (χ0v) is 12.6. The van der Waals surface area contributed by atoms with Crippen molar-refractivity contribution in [2.45, 2.75) is 39.7 Å². The van der Waals surface area contributed by atoms with E-state index in [1.165, 1.54) is 0 Å². The summed E-state index contributed by atoms with van der Waals surface area (Å²) in [5.74, 6) is 0.263. The van der Waals surface area contributed by atoms with E-state index in [-0.39, 0.29) is 18.6 Å². The Morgan fingerprint density at radius 1 is 1.30 bits per heavy atom. The summed E-state index contributed by atoms with van der Waals surface area (Å²) in [4.78, 5) is 12.3. The second-order valence-corrected chi connectivity index (χ2v) is 5.34. The quantitative estimate of drug-likeness (QED) is 0.685. The largest absolute Gasteiger partial charge is 0.396 e. The summed E-state index contributed by atoms with van der Waals surface area (Å²) in [7, 11) is 0. The minimum absolute atomic E-state index is 0.0647. The van der Waals surface area contributed by atoms with Crippen LogP contribution in [0.2, 0.25) is 0 Å². The molecule has 1 aromatic rings. The SMILES string of the molecule is CCC(CCO)CNC(=O)c1ccccc1NC(C)C. The molecule has 0 aliphatic heterocycles. The topological polar surface area (TPSA) is 61.4 Å². The number of hydrogen-bond donors (Lipinski definition) is 3. The first-order valence-electron chi connectivity index (χ1n) is 7.33. The van der Waals surface area contributed by atoms with Crippen molar-refractivity contribution in [3.05, 3.63) is 29.8 Å². The molecule has 0 fully saturated rings. The van der Waals surface area contributed by atoms with Crippen molar-refractivity contribution in [3.8, 4) is 0 Å². The van der Waals surface area contributed by atoms with E-state index in [0.717, 1.165) is 18.5 Å². The summed E-state index contributed by atoms with van der Waals surface area (Å²) in [6, 6.07) is 7.81. The number of carbonyl (C=O) groups excluding carboxylic acids is 1. The summed E-state index contributed by atoms with van der Waals surface area (Å²) < 4.78 is 0. The molecule has 0 saturated heterocycles. The third kappa shape index (κ3) is 5.21. The minimum Gasteiger partial charge on any atom is -0.396 e. The van der Waals surface area contributed by atoms with Crippen LogP contribution in [0.1, 0.15) is 44.0 Å². The first-order valence-corrected chi connectivity index (χ1v) is 7.33. The third-order valence-electron chi connectivity index (χ3n) is 3.28. The van der Waals surface area contributed by atoms with Crippen molar-refractivity contribution in [1.29, 1.82) is 0 Å². The maximum atomic E-state index is 12.3. The summed E-state index contributed by atoms with van der Waals surface area (Å²) in [6.07, 6.45) is 1.68. The predicted octanol–water partition coefficient (Wildman–Crippen LogP) is 2.65. The first-order chi connectivity index (χ1) is 9.58. The fourth-order valence-electron chi connectivity index (χ4n) is 2.08. The first kappa shape index (κ1) is 16.5. The zero-order chi connectivity index (χ0) is 15.0. The van der Waals surface area contributed by atoms with Crippen LogP contribution in [-0.2, 0) is 0 Å². The summed E-state index contributed by atoms with van der Waals surface area (Å²) >= 11 is 0. The highest BCUT2D eigenvalue weighted by Crippen LogP contribution is 2.16. The standard InChI is InChI=1S/C16H26N2O2/c1-4-13(9-10-19)11-17-16(20)14-7-5-6-8-15(14)18-12(2)3/h5-8,12-13,18-19H,4,9-11H2,1-3H3,(H,17,20). The Hall–Kier alpha value is -1.55.